The zero-order chi connectivity index (χ0) is 12.5. The predicted molar refractivity (Wildman–Crippen MR) is 68.5 cm³/mol. The third-order valence-corrected chi connectivity index (χ3v) is 4.15. The summed E-state index contributed by atoms with van der Waals surface area (Å²) in [6.45, 7) is 7.49. The fourth-order valence-corrected chi connectivity index (χ4v) is 2.87. The minimum atomic E-state index is 0.442. The van der Waals surface area contributed by atoms with E-state index in [9.17, 15) is 0 Å². The molecule has 3 heteroatoms. The Morgan fingerprint density at radius 1 is 1.29 bits per heavy atom. The van der Waals surface area contributed by atoms with Crippen LogP contribution >= 0.6 is 0 Å². The van der Waals surface area contributed by atoms with E-state index >= 15 is 0 Å². The van der Waals surface area contributed by atoms with Gasteiger partial charge >= 0.3 is 0 Å². The van der Waals surface area contributed by atoms with Crippen LogP contribution in [0.1, 0.15) is 63.8 Å². The first-order valence-electron chi connectivity index (χ1n) is 6.66. The molecule has 0 aromatic carbocycles. The van der Waals surface area contributed by atoms with Crippen LogP contribution in [0, 0.1) is 11.3 Å². The number of hydrogen-bond acceptors (Lipinski definition) is 3. The first-order valence-corrected chi connectivity index (χ1v) is 6.66. The van der Waals surface area contributed by atoms with Crippen LogP contribution in [-0.2, 0) is 6.54 Å². The van der Waals surface area contributed by atoms with Crippen molar-refractivity contribution in [3.8, 4) is 0 Å². The molecule has 0 amide bonds. The number of nitrogens with two attached hydrogens (primary N) is 1. The van der Waals surface area contributed by atoms with Gasteiger partial charge in [0.15, 0.2) is 5.76 Å². The Bertz CT molecular complexity index is 357. The van der Waals surface area contributed by atoms with Crippen molar-refractivity contribution in [1.29, 1.82) is 0 Å². The molecule has 0 aliphatic heterocycles. The molecule has 2 rings (SSSR count). The van der Waals surface area contributed by atoms with Crippen molar-refractivity contribution in [3.63, 3.8) is 0 Å². The lowest BCUT2D eigenvalue weighted by Crippen LogP contribution is -2.25. The maximum atomic E-state index is 5.54. The highest BCUT2D eigenvalue weighted by molar-refractivity contribution is 5.11. The smallest absolute Gasteiger partial charge is 0.150 e. The fourth-order valence-electron chi connectivity index (χ4n) is 2.87. The average Bonchev–Trinajstić information content (AvgIpc) is 2.76. The largest absolute Gasteiger partial charge is 0.360 e. The fraction of sp³-hybridized carbons (Fsp3) is 0.786. The van der Waals surface area contributed by atoms with Gasteiger partial charge in [-0.15, -0.1) is 0 Å². The van der Waals surface area contributed by atoms with Crippen LogP contribution in [0.5, 0.6) is 0 Å². The summed E-state index contributed by atoms with van der Waals surface area (Å²) in [5, 5.41) is 4.14. The van der Waals surface area contributed by atoms with Crippen molar-refractivity contribution in [2.75, 3.05) is 0 Å². The molecule has 0 atom stereocenters. The molecule has 1 aromatic rings. The molecule has 0 bridgehead atoms. The van der Waals surface area contributed by atoms with Gasteiger partial charge in [-0.3, -0.25) is 0 Å². The van der Waals surface area contributed by atoms with E-state index in [1.807, 2.05) is 6.07 Å². The van der Waals surface area contributed by atoms with Crippen LogP contribution < -0.4 is 5.73 Å². The maximum Gasteiger partial charge on any atom is 0.150 e. The molecular formula is C14H24N2O. The molecule has 17 heavy (non-hydrogen) atoms. The van der Waals surface area contributed by atoms with Gasteiger partial charge in [0.25, 0.3) is 0 Å². The topological polar surface area (TPSA) is 52.0 Å². The molecule has 2 N–H and O–H groups in total. The Hall–Kier alpha value is -0.830. The van der Waals surface area contributed by atoms with Gasteiger partial charge in [0, 0.05) is 12.0 Å². The van der Waals surface area contributed by atoms with Crippen molar-refractivity contribution in [2.45, 2.75) is 58.9 Å². The molecule has 96 valence electrons. The molecule has 0 saturated heterocycles. The summed E-state index contributed by atoms with van der Waals surface area (Å²) in [7, 11) is 0. The van der Waals surface area contributed by atoms with Gasteiger partial charge in [0.2, 0.25) is 0 Å². The number of rotatable bonds is 2. The summed E-state index contributed by atoms with van der Waals surface area (Å²) < 4.78 is 5.19. The Kier molecular flexibility index (Phi) is 3.57. The van der Waals surface area contributed by atoms with E-state index in [4.69, 9.17) is 10.3 Å². The second kappa shape index (κ2) is 4.81. The molecule has 1 fully saturated rings. The lowest BCUT2D eigenvalue weighted by atomic mass is 9.69. The highest BCUT2D eigenvalue weighted by Crippen LogP contribution is 2.42. The lowest BCUT2D eigenvalue weighted by molar-refractivity contribution is 0.167. The first kappa shape index (κ1) is 12.6. The SMILES string of the molecule is CC(C)(C)C1CCC(c2cc(CN)on2)CC1. The van der Waals surface area contributed by atoms with Gasteiger partial charge in [-0.25, -0.2) is 0 Å². The number of hydrogen-bond donors (Lipinski definition) is 1. The standard InChI is InChI=1S/C14H24N2O/c1-14(2,3)11-6-4-10(5-7-11)13-8-12(9-15)17-16-13/h8,10-11H,4-7,9,15H2,1-3H3. The van der Waals surface area contributed by atoms with E-state index in [1.54, 1.807) is 0 Å². The van der Waals surface area contributed by atoms with Crippen LogP contribution in [0.4, 0.5) is 0 Å². The van der Waals surface area contributed by atoms with E-state index in [0.29, 0.717) is 17.9 Å². The molecule has 0 spiro atoms. The van der Waals surface area contributed by atoms with Crippen molar-refractivity contribution in [2.24, 2.45) is 17.1 Å². The average molecular weight is 236 g/mol. The minimum absolute atomic E-state index is 0.442. The minimum Gasteiger partial charge on any atom is -0.360 e. The van der Waals surface area contributed by atoms with Crippen LogP contribution in [0.2, 0.25) is 0 Å². The summed E-state index contributed by atoms with van der Waals surface area (Å²) in [5.41, 5.74) is 7.09. The number of aromatic nitrogens is 1. The molecule has 1 heterocycles. The van der Waals surface area contributed by atoms with E-state index in [1.165, 1.54) is 25.7 Å². The van der Waals surface area contributed by atoms with Crippen molar-refractivity contribution < 1.29 is 4.52 Å². The molecule has 1 saturated carbocycles. The van der Waals surface area contributed by atoms with Crippen LogP contribution in [-0.4, -0.2) is 5.16 Å². The van der Waals surface area contributed by atoms with Crippen molar-refractivity contribution >= 4 is 0 Å². The number of nitrogens with zero attached hydrogens (tertiary/aromatic N) is 1. The lowest BCUT2D eigenvalue weighted by Gasteiger charge is -2.36. The maximum absolute atomic E-state index is 5.54. The summed E-state index contributed by atoms with van der Waals surface area (Å²) in [5.74, 6) is 2.23. The highest BCUT2D eigenvalue weighted by Gasteiger charge is 2.31. The van der Waals surface area contributed by atoms with Gasteiger partial charge in [0.05, 0.1) is 12.2 Å². The summed E-state index contributed by atoms with van der Waals surface area (Å²) in [6.07, 6.45) is 5.08. The van der Waals surface area contributed by atoms with Gasteiger partial charge in [-0.1, -0.05) is 25.9 Å². The van der Waals surface area contributed by atoms with Crippen molar-refractivity contribution in [3.05, 3.63) is 17.5 Å². The Morgan fingerprint density at radius 2 is 1.94 bits per heavy atom. The van der Waals surface area contributed by atoms with Crippen LogP contribution in [0.25, 0.3) is 0 Å². The molecule has 0 unspecified atom stereocenters. The van der Waals surface area contributed by atoms with Gasteiger partial charge in [-0.2, -0.15) is 0 Å². The predicted octanol–water partition coefficient (Wildman–Crippen LogP) is 3.45. The van der Waals surface area contributed by atoms with Gasteiger partial charge < -0.3 is 10.3 Å². The highest BCUT2D eigenvalue weighted by atomic mass is 16.5. The monoisotopic (exact) mass is 236 g/mol. The molecular weight excluding hydrogens is 212 g/mol. The zero-order valence-electron chi connectivity index (χ0n) is 11.2. The summed E-state index contributed by atoms with van der Waals surface area (Å²) >= 11 is 0. The van der Waals surface area contributed by atoms with Gasteiger partial charge in [-0.05, 0) is 37.0 Å². The molecule has 1 aromatic heterocycles. The molecule has 1 aliphatic rings. The second-order valence-corrected chi connectivity index (χ2v) is 6.34. The third-order valence-electron chi connectivity index (χ3n) is 4.15. The molecule has 0 radical (unpaired) electrons. The Morgan fingerprint density at radius 3 is 2.41 bits per heavy atom. The third kappa shape index (κ3) is 2.89. The van der Waals surface area contributed by atoms with E-state index in [2.05, 4.69) is 25.9 Å². The zero-order valence-corrected chi connectivity index (χ0v) is 11.2. The van der Waals surface area contributed by atoms with Gasteiger partial charge in [0.1, 0.15) is 0 Å². The summed E-state index contributed by atoms with van der Waals surface area (Å²) in [6, 6.07) is 2.03. The quantitative estimate of drug-likeness (QED) is 0.855. The first-order chi connectivity index (χ1) is 8.00. The van der Waals surface area contributed by atoms with E-state index in [0.717, 1.165) is 17.4 Å². The normalized spacial score (nSPS) is 26.1. The Labute approximate surface area is 104 Å². The molecule has 3 nitrogen and oxygen atoms in total. The summed E-state index contributed by atoms with van der Waals surface area (Å²) in [4.78, 5) is 0. The Balaban J connectivity index is 1.95. The van der Waals surface area contributed by atoms with Crippen molar-refractivity contribution in [1.82, 2.24) is 5.16 Å². The van der Waals surface area contributed by atoms with E-state index in [-0.39, 0.29) is 0 Å². The molecule has 1 aliphatic carbocycles. The van der Waals surface area contributed by atoms with Crippen LogP contribution in [0.3, 0.4) is 0 Å². The van der Waals surface area contributed by atoms with E-state index < -0.39 is 0 Å². The second-order valence-electron chi connectivity index (χ2n) is 6.34. The van der Waals surface area contributed by atoms with Crippen LogP contribution in [0.15, 0.2) is 10.6 Å².